The Kier molecular flexibility index (Phi) is 5.29. The van der Waals surface area contributed by atoms with Crippen LogP contribution >= 0.6 is 0 Å². The lowest BCUT2D eigenvalue weighted by Gasteiger charge is -2.27. The van der Waals surface area contributed by atoms with Crippen LogP contribution in [0.3, 0.4) is 0 Å². The van der Waals surface area contributed by atoms with Crippen LogP contribution in [-0.2, 0) is 12.5 Å². The maximum Gasteiger partial charge on any atom is 0.399 e. The Morgan fingerprint density at radius 2 is 1.93 bits per heavy atom. The van der Waals surface area contributed by atoms with Crippen LogP contribution in [-0.4, -0.2) is 26.8 Å². The van der Waals surface area contributed by atoms with Gasteiger partial charge in [-0.15, -0.1) is 0 Å². The lowest BCUT2D eigenvalue weighted by molar-refractivity contribution is -0.181. The zero-order valence-electron chi connectivity index (χ0n) is 16.9. The highest BCUT2D eigenvalue weighted by Crippen LogP contribution is 2.39. The molecular weight excluding hydrogens is 395 g/mol. The molecule has 0 aliphatic heterocycles. The second kappa shape index (κ2) is 7.44. The maximum absolute atomic E-state index is 13.3. The summed E-state index contributed by atoms with van der Waals surface area (Å²) in [5, 5.41) is 16.6. The van der Waals surface area contributed by atoms with E-state index in [0.717, 1.165) is 13.8 Å². The summed E-state index contributed by atoms with van der Waals surface area (Å²) in [6.45, 7) is 3.90. The van der Waals surface area contributed by atoms with E-state index in [1.807, 2.05) is 0 Å². The number of hydrogen-bond acceptors (Lipinski definition) is 4. The number of aromatic nitrogens is 3. The molecule has 30 heavy (non-hydrogen) atoms. The van der Waals surface area contributed by atoms with Gasteiger partial charge in [-0.25, -0.2) is 0 Å². The van der Waals surface area contributed by atoms with E-state index in [2.05, 4.69) is 21.5 Å². The fraction of sp³-hybridized carbons (Fsp3) is 0.333. The van der Waals surface area contributed by atoms with Gasteiger partial charge >= 0.3 is 6.18 Å². The Balaban J connectivity index is 1.86. The average Bonchev–Trinajstić information content (AvgIpc) is 3.06. The molecule has 2 heterocycles. The predicted octanol–water partition coefficient (Wildman–Crippen LogP) is 4.17. The Labute approximate surface area is 171 Å². The monoisotopic (exact) mass is 415 g/mol. The minimum Gasteiger partial charge on any atom is -0.345 e. The van der Waals surface area contributed by atoms with Crippen LogP contribution in [0.5, 0.6) is 0 Å². The van der Waals surface area contributed by atoms with Gasteiger partial charge in [0.05, 0.1) is 23.4 Å². The molecule has 0 saturated heterocycles. The van der Waals surface area contributed by atoms with E-state index in [4.69, 9.17) is 0 Å². The molecule has 1 amide bonds. The zero-order valence-corrected chi connectivity index (χ0v) is 16.9. The molecule has 1 aromatic carbocycles. The molecule has 0 bridgehead atoms. The summed E-state index contributed by atoms with van der Waals surface area (Å²) in [6.07, 6.45) is -2.91. The number of nitrogens with zero attached hydrogens (tertiary/aromatic N) is 4. The van der Waals surface area contributed by atoms with Gasteiger partial charge < -0.3 is 5.32 Å². The molecule has 1 N–H and O–H groups in total. The summed E-state index contributed by atoms with van der Waals surface area (Å²) < 4.78 is 41.3. The van der Waals surface area contributed by atoms with E-state index in [1.54, 1.807) is 20.0 Å². The highest BCUT2D eigenvalue weighted by atomic mass is 19.4. The molecule has 3 aromatic rings. The molecule has 0 fully saturated rings. The quantitative estimate of drug-likeness (QED) is 0.693. The van der Waals surface area contributed by atoms with Crippen molar-refractivity contribution < 1.29 is 18.0 Å². The van der Waals surface area contributed by atoms with Crippen LogP contribution in [0, 0.1) is 11.3 Å². The number of rotatable bonds is 4. The van der Waals surface area contributed by atoms with Crippen molar-refractivity contribution in [2.75, 3.05) is 0 Å². The fourth-order valence-electron chi connectivity index (χ4n) is 3.03. The summed E-state index contributed by atoms with van der Waals surface area (Å²) in [7, 11) is 1.64. The van der Waals surface area contributed by atoms with Crippen molar-refractivity contribution in [1.29, 1.82) is 5.26 Å². The molecule has 0 spiro atoms. The second-order valence-electron chi connectivity index (χ2n) is 7.61. The smallest absolute Gasteiger partial charge is 0.345 e. The number of hydrogen-bond donors (Lipinski definition) is 1. The third-order valence-corrected chi connectivity index (χ3v) is 5.19. The van der Waals surface area contributed by atoms with Crippen molar-refractivity contribution in [3.63, 3.8) is 0 Å². The van der Waals surface area contributed by atoms with Crippen molar-refractivity contribution in [3.8, 4) is 6.07 Å². The van der Waals surface area contributed by atoms with Crippen LogP contribution < -0.4 is 5.32 Å². The van der Waals surface area contributed by atoms with Gasteiger partial charge in [-0.05, 0) is 45.0 Å². The number of nitrogens with one attached hydrogen (secondary N) is 1. The lowest BCUT2D eigenvalue weighted by atomic mass is 9.87. The number of alkyl halides is 3. The molecule has 0 radical (unpaired) electrons. The number of nitriles is 1. The van der Waals surface area contributed by atoms with Crippen LogP contribution in [0.25, 0.3) is 10.9 Å². The van der Waals surface area contributed by atoms with Crippen LogP contribution in [0.15, 0.2) is 36.5 Å². The Hall–Kier alpha value is -3.41. The number of aryl methyl sites for hydroxylation is 1. The number of carbonyl (C=O) groups is 1. The highest BCUT2D eigenvalue weighted by molar-refractivity contribution is 5.98. The third-order valence-electron chi connectivity index (χ3n) is 5.19. The molecule has 9 heteroatoms. The SMILES string of the molecule is CC(NC(=O)c1ccc2nc(C(C)(C)C(F)(F)F)ccc2c1)c1cnn(C)c1C#N. The first-order chi connectivity index (χ1) is 14.0. The van der Waals surface area contributed by atoms with Crippen molar-refractivity contribution in [2.24, 2.45) is 7.05 Å². The number of pyridine rings is 1. The molecule has 3 rings (SSSR count). The van der Waals surface area contributed by atoms with E-state index >= 15 is 0 Å². The van der Waals surface area contributed by atoms with Crippen molar-refractivity contribution in [3.05, 3.63) is 59.0 Å². The highest BCUT2D eigenvalue weighted by Gasteiger charge is 2.49. The molecule has 0 aliphatic rings. The zero-order chi connectivity index (χ0) is 22.3. The van der Waals surface area contributed by atoms with Gasteiger partial charge in [0.15, 0.2) is 0 Å². The molecular formula is C21H20F3N5O. The van der Waals surface area contributed by atoms with Crippen LogP contribution in [0.2, 0.25) is 0 Å². The number of amides is 1. The van der Waals surface area contributed by atoms with E-state index in [1.165, 1.54) is 35.1 Å². The maximum atomic E-state index is 13.3. The average molecular weight is 415 g/mol. The van der Waals surface area contributed by atoms with Crippen molar-refractivity contribution >= 4 is 16.8 Å². The normalized spacial score (nSPS) is 13.1. The van der Waals surface area contributed by atoms with Crippen molar-refractivity contribution in [2.45, 2.75) is 38.4 Å². The van der Waals surface area contributed by atoms with E-state index in [9.17, 15) is 23.2 Å². The summed E-state index contributed by atoms with van der Waals surface area (Å²) in [5.74, 6) is -0.378. The number of benzene rings is 1. The van der Waals surface area contributed by atoms with Gasteiger partial charge in [-0.1, -0.05) is 6.07 Å². The van der Waals surface area contributed by atoms with Gasteiger partial charge in [0.1, 0.15) is 17.2 Å². The molecule has 1 atom stereocenters. The minimum absolute atomic E-state index is 0.0889. The van der Waals surface area contributed by atoms with Crippen LogP contribution in [0.1, 0.15) is 54.1 Å². The summed E-state index contributed by atoms with van der Waals surface area (Å²) in [5.41, 5.74) is -0.529. The first kappa shape index (κ1) is 21.3. The Bertz CT molecular complexity index is 1160. The Morgan fingerprint density at radius 1 is 1.23 bits per heavy atom. The summed E-state index contributed by atoms with van der Waals surface area (Å²) in [6, 6.07) is 9.06. The van der Waals surface area contributed by atoms with Crippen LogP contribution in [0.4, 0.5) is 13.2 Å². The van der Waals surface area contributed by atoms with Gasteiger partial charge in [-0.2, -0.15) is 23.5 Å². The molecule has 0 aliphatic carbocycles. The van der Waals surface area contributed by atoms with E-state index in [-0.39, 0.29) is 11.6 Å². The predicted molar refractivity (Wildman–Crippen MR) is 105 cm³/mol. The van der Waals surface area contributed by atoms with E-state index < -0.39 is 17.6 Å². The molecule has 0 saturated carbocycles. The summed E-state index contributed by atoms with van der Waals surface area (Å²) in [4.78, 5) is 16.8. The molecule has 1 unspecified atom stereocenters. The first-order valence-electron chi connectivity index (χ1n) is 9.16. The topological polar surface area (TPSA) is 83.6 Å². The van der Waals surface area contributed by atoms with Crippen molar-refractivity contribution in [1.82, 2.24) is 20.1 Å². The standard InChI is InChI=1S/C21H20F3N5O/c1-12(15-11-26-29(4)17(15)10-25)27-19(30)14-5-7-16-13(9-14)6-8-18(28-16)20(2,3)21(22,23)24/h5-9,11-12H,1-4H3,(H,27,30). The molecule has 6 nitrogen and oxygen atoms in total. The number of fused-ring (bicyclic) bond motifs is 1. The molecule has 156 valence electrons. The van der Waals surface area contributed by atoms with E-state index in [0.29, 0.717) is 27.7 Å². The van der Waals surface area contributed by atoms with Gasteiger partial charge in [-0.3, -0.25) is 14.5 Å². The number of halogens is 3. The number of carbonyl (C=O) groups excluding carboxylic acids is 1. The third kappa shape index (κ3) is 3.73. The fourth-order valence-corrected chi connectivity index (χ4v) is 3.03. The second-order valence-corrected chi connectivity index (χ2v) is 7.61. The largest absolute Gasteiger partial charge is 0.399 e. The summed E-state index contributed by atoms with van der Waals surface area (Å²) >= 11 is 0. The van der Waals surface area contributed by atoms with Gasteiger partial charge in [0.2, 0.25) is 0 Å². The lowest BCUT2D eigenvalue weighted by Crippen LogP contribution is -2.37. The van der Waals surface area contributed by atoms with Gasteiger partial charge in [0, 0.05) is 23.6 Å². The first-order valence-corrected chi connectivity index (χ1v) is 9.16. The Morgan fingerprint density at radius 3 is 2.57 bits per heavy atom. The minimum atomic E-state index is -4.43. The molecule has 2 aromatic heterocycles. The van der Waals surface area contributed by atoms with Gasteiger partial charge in [0.25, 0.3) is 5.91 Å².